The Hall–Kier alpha value is -2.65. The molecule has 1 atom stereocenters. The molecule has 0 radical (unpaired) electrons. The first kappa shape index (κ1) is 15.7. The summed E-state index contributed by atoms with van der Waals surface area (Å²) < 4.78 is 1.07. The maximum Gasteiger partial charge on any atom is 0.243 e. The minimum atomic E-state index is -0.548. The normalized spacial score (nSPS) is 11.4. The van der Waals surface area contributed by atoms with Crippen LogP contribution in [0.2, 0.25) is 0 Å². The maximum atomic E-state index is 12.3. The Morgan fingerprint density at radius 2 is 2.14 bits per heavy atom. The smallest absolute Gasteiger partial charge is 0.243 e. The number of nitrogens with one attached hydrogen (secondary N) is 2. The number of fused-ring (bicyclic) bond motifs is 1. The van der Waals surface area contributed by atoms with Crippen molar-refractivity contribution in [2.75, 3.05) is 13.1 Å². The third-order valence-corrected chi connectivity index (χ3v) is 4.19. The molecule has 0 fully saturated rings. The summed E-state index contributed by atoms with van der Waals surface area (Å²) in [4.78, 5) is 23.7. The Bertz CT molecular complexity index is 745. The van der Waals surface area contributed by atoms with Crippen LogP contribution in [0.25, 0.3) is 10.1 Å². The highest BCUT2D eigenvalue weighted by Crippen LogP contribution is 2.31. The van der Waals surface area contributed by atoms with Gasteiger partial charge in [0.25, 0.3) is 0 Å². The van der Waals surface area contributed by atoms with E-state index in [2.05, 4.69) is 17.2 Å². The third kappa shape index (κ3) is 3.51. The van der Waals surface area contributed by atoms with E-state index in [9.17, 15) is 9.59 Å². The second-order valence-corrected chi connectivity index (χ2v) is 5.48. The fourth-order valence-electron chi connectivity index (χ4n) is 2.14. The van der Waals surface area contributed by atoms with Crippen LogP contribution in [-0.4, -0.2) is 24.9 Å². The molecule has 1 aromatic carbocycles. The van der Waals surface area contributed by atoms with Gasteiger partial charge in [0.15, 0.2) is 0 Å². The van der Waals surface area contributed by atoms with Crippen LogP contribution in [0, 0.1) is 11.3 Å². The van der Waals surface area contributed by atoms with Crippen LogP contribution < -0.4 is 10.6 Å². The minimum Gasteiger partial charge on any atom is -0.351 e. The van der Waals surface area contributed by atoms with Gasteiger partial charge in [-0.1, -0.05) is 24.8 Å². The van der Waals surface area contributed by atoms with Crippen LogP contribution in [0.15, 0.2) is 42.3 Å². The lowest BCUT2D eigenvalue weighted by molar-refractivity contribution is -0.122. The second kappa shape index (κ2) is 7.38. The molecule has 0 saturated carbocycles. The maximum absolute atomic E-state index is 12.3. The molecule has 6 heteroatoms. The quantitative estimate of drug-likeness (QED) is 0.631. The number of hydrogen-bond acceptors (Lipinski definition) is 4. The molecular formula is C16H15N3O2S. The molecule has 0 aliphatic heterocycles. The van der Waals surface area contributed by atoms with Gasteiger partial charge in [0.05, 0.1) is 12.0 Å². The molecular weight excluding hydrogens is 298 g/mol. The number of nitrogens with zero attached hydrogens (tertiary/aromatic N) is 1. The summed E-state index contributed by atoms with van der Waals surface area (Å²) in [6, 6.07) is 9.65. The van der Waals surface area contributed by atoms with E-state index >= 15 is 0 Å². The van der Waals surface area contributed by atoms with Crippen LogP contribution >= 0.6 is 11.3 Å². The zero-order valence-corrected chi connectivity index (χ0v) is 12.7. The molecule has 2 amide bonds. The SMILES string of the molecule is C=CC(=O)NCC(C(=O)NCC#N)c1csc2ccccc12. The molecule has 112 valence electrons. The van der Waals surface area contributed by atoms with Crippen molar-refractivity contribution in [3.63, 3.8) is 0 Å². The van der Waals surface area contributed by atoms with Gasteiger partial charge in [-0.2, -0.15) is 5.26 Å². The number of carbonyl (C=O) groups excluding carboxylic acids is 2. The van der Waals surface area contributed by atoms with Crippen molar-refractivity contribution in [2.45, 2.75) is 5.92 Å². The molecule has 1 aromatic heterocycles. The highest BCUT2D eigenvalue weighted by atomic mass is 32.1. The zero-order chi connectivity index (χ0) is 15.9. The number of benzene rings is 1. The predicted molar refractivity (Wildman–Crippen MR) is 86.4 cm³/mol. The van der Waals surface area contributed by atoms with Gasteiger partial charge in [0.1, 0.15) is 6.54 Å². The van der Waals surface area contributed by atoms with Gasteiger partial charge in [-0.15, -0.1) is 11.3 Å². The highest BCUT2D eigenvalue weighted by Gasteiger charge is 2.23. The van der Waals surface area contributed by atoms with Crippen LogP contribution in [0.1, 0.15) is 11.5 Å². The lowest BCUT2D eigenvalue weighted by Crippen LogP contribution is -2.37. The fourth-order valence-corrected chi connectivity index (χ4v) is 3.15. The summed E-state index contributed by atoms with van der Waals surface area (Å²) in [5.41, 5.74) is 0.848. The van der Waals surface area contributed by atoms with Crippen molar-refractivity contribution in [3.05, 3.63) is 47.9 Å². The number of carbonyl (C=O) groups is 2. The van der Waals surface area contributed by atoms with Crippen molar-refractivity contribution in [2.24, 2.45) is 0 Å². The Morgan fingerprint density at radius 1 is 1.36 bits per heavy atom. The van der Waals surface area contributed by atoms with Gasteiger partial charge < -0.3 is 10.6 Å². The topological polar surface area (TPSA) is 82.0 Å². The van der Waals surface area contributed by atoms with Crippen molar-refractivity contribution in [3.8, 4) is 6.07 Å². The van der Waals surface area contributed by atoms with E-state index in [0.717, 1.165) is 21.7 Å². The van der Waals surface area contributed by atoms with Crippen molar-refractivity contribution in [1.82, 2.24) is 10.6 Å². The summed E-state index contributed by atoms with van der Waals surface area (Å²) in [7, 11) is 0. The molecule has 0 spiro atoms. The number of nitriles is 1. The summed E-state index contributed by atoms with van der Waals surface area (Å²) >= 11 is 1.55. The summed E-state index contributed by atoms with van der Waals surface area (Å²) in [5.74, 6) is -1.17. The van der Waals surface area contributed by atoms with E-state index in [1.54, 1.807) is 11.3 Å². The Morgan fingerprint density at radius 3 is 2.86 bits per heavy atom. The first-order valence-corrected chi connectivity index (χ1v) is 7.56. The molecule has 2 N–H and O–H groups in total. The molecule has 0 bridgehead atoms. The minimum absolute atomic E-state index is 0.0627. The largest absolute Gasteiger partial charge is 0.351 e. The lowest BCUT2D eigenvalue weighted by Gasteiger charge is -2.16. The molecule has 2 rings (SSSR count). The zero-order valence-electron chi connectivity index (χ0n) is 11.8. The summed E-state index contributed by atoms with van der Waals surface area (Å²) in [6.07, 6.45) is 1.16. The van der Waals surface area contributed by atoms with Crippen molar-refractivity contribution < 1.29 is 9.59 Å². The molecule has 2 aromatic rings. The van der Waals surface area contributed by atoms with Gasteiger partial charge in [0.2, 0.25) is 11.8 Å². The predicted octanol–water partition coefficient (Wildman–Crippen LogP) is 1.93. The standard InChI is InChI=1S/C16H15N3O2S/c1-2-15(20)19-9-12(16(21)18-8-7-17)13-10-22-14-6-4-3-5-11(13)14/h2-6,10,12H,1,8-9H2,(H,18,21)(H,19,20). The van der Waals surface area contributed by atoms with E-state index in [-0.39, 0.29) is 24.9 Å². The van der Waals surface area contributed by atoms with Crippen molar-refractivity contribution in [1.29, 1.82) is 5.26 Å². The number of hydrogen-bond donors (Lipinski definition) is 2. The van der Waals surface area contributed by atoms with Gasteiger partial charge in [0, 0.05) is 11.2 Å². The molecule has 0 saturated heterocycles. The van der Waals surface area contributed by atoms with Gasteiger partial charge in [-0.3, -0.25) is 9.59 Å². The summed E-state index contributed by atoms with van der Waals surface area (Å²) in [5, 5.41) is 16.7. The molecule has 0 aliphatic carbocycles. The first-order chi connectivity index (χ1) is 10.7. The molecule has 0 aliphatic rings. The van der Waals surface area contributed by atoms with Crippen LogP contribution in [0.5, 0.6) is 0 Å². The van der Waals surface area contributed by atoms with E-state index in [4.69, 9.17) is 5.26 Å². The van der Waals surface area contributed by atoms with Gasteiger partial charge in [-0.05, 0) is 28.5 Å². The number of amides is 2. The molecule has 1 unspecified atom stereocenters. The van der Waals surface area contributed by atoms with E-state index in [1.807, 2.05) is 35.7 Å². The fraction of sp³-hybridized carbons (Fsp3) is 0.188. The van der Waals surface area contributed by atoms with Crippen LogP contribution in [-0.2, 0) is 9.59 Å². The summed E-state index contributed by atoms with van der Waals surface area (Å²) in [6.45, 7) is 3.48. The Labute approximate surface area is 132 Å². The first-order valence-electron chi connectivity index (χ1n) is 6.68. The monoisotopic (exact) mass is 313 g/mol. The highest BCUT2D eigenvalue weighted by molar-refractivity contribution is 7.17. The molecule has 22 heavy (non-hydrogen) atoms. The van der Waals surface area contributed by atoms with E-state index in [0.29, 0.717) is 0 Å². The van der Waals surface area contributed by atoms with Gasteiger partial charge >= 0.3 is 0 Å². The molecule has 1 heterocycles. The van der Waals surface area contributed by atoms with Crippen LogP contribution in [0.3, 0.4) is 0 Å². The lowest BCUT2D eigenvalue weighted by atomic mass is 9.97. The van der Waals surface area contributed by atoms with Crippen molar-refractivity contribution >= 4 is 33.2 Å². The van der Waals surface area contributed by atoms with E-state index in [1.165, 1.54) is 0 Å². The number of rotatable bonds is 6. The second-order valence-electron chi connectivity index (χ2n) is 4.56. The van der Waals surface area contributed by atoms with Gasteiger partial charge in [-0.25, -0.2) is 0 Å². The molecule has 5 nitrogen and oxygen atoms in total. The average Bonchev–Trinajstić information content (AvgIpc) is 2.97. The number of thiophene rings is 1. The van der Waals surface area contributed by atoms with Crippen LogP contribution in [0.4, 0.5) is 0 Å². The average molecular weight is 313 g/mol. The van der Waals surface area contributed by atoms with E-state index < -0.39 is 5.92 Å². The Balaban J connectivity index is 2.30. The third-order valence-electron chi connectivity index (χ3n) is 3.21. The Kier molecular flexibility index (Phi) is 5.28.